The number of nitrogens with one attached hydrogen (secondary N) is 1. The number of benzene rings is 2. The number of para-hydroxylation sites is 1. The van der Waals surface area contributed by atoms with Gasteiger partial charge in [0.1, 0.15) is 11.4 Å². The number of ether oxygens (including phenoxy) is 1. The van der Waals surface area contributed by atoms with Crippen molar-refractivity contribution < 1.29 is 4.74 Å². The third kappa shape index (κ3) is 4.99. The molecule has 0 aliphatic heterocycles. The Balaban J connectivity index is 1.94. The van der Waals surface area contributed by atoms with Crippen LogP contribution in [0.15, 0.2) is 61.2 Å². The van der Waals surface area contributed by atoms with Crippen molar-refractivity contribution in [3.8, 4) is 5.75 Å². The van der Waals surface area contributed by atoms with Gasteiger partial charge in [-0.05, 0) is 56.2 Å². The van der Waals surface area contributed by atoms with Crippen LogP contribution in [0.3, 0.4) is 0 Å². The Labute approximate surface area is 127 Å². The summed E-state index contributed by atoms with van der Waals surface area (Å²) in [5, 5.41) is 3.36. The van der Waals surface area contributed by atoms with Crippen LogP contribution >= 0.6 is 0 Å². The normalized spacial score (nSPS) is 11.0. The average Bonchev–Trinajstić information content (AvgIpc) is 2.45. The van der Waals surface area contributed by atoms with Crippen LogP contribution in [0, 0.1) is 0 Å². The number of hydrogen-bond acceptors (Lipinski definition) is 2. The first-order valence-electron chi connectivity index (χ1n) is 7.20. The second-order valence-corrected chi connectivity index (χ2v) is 6.06. The van der Waals surface area contributed by atoms with E-state index in [1.807, 2.05) is 63.2 Å². The molecule has 0 saturated carbocycles. The lowest BCUT2D eigenvalue weighted by Crippen LogP contribution is -2.22. The SMILES string of the molecule is C=C(CNc1ccccc1)c1ccc(OC(C)(C)C)cc1. The van der Waals surface area contributed by atoms with Gasteiger partial charge in [-0.2, -0.15) is 0 Å². The summed E-state index contributed by atoms with van der Waals surface area (Å²) < 4.78 is 5.82. The Hall–Kier alpha value is -2.22. The highest BCUT2D eigenvalue weighted by molar-refractivity contribution is 5.68. The molecule has 2 heteroatoms. The molecule has 1 N–H and O–H groups in total. The highest BCUT2D eigenvalue weighted by atomic mass is 16.5. The average molecular weight is 281 g/mol. The molecule has 0 aliphatic rings. The Kier molecular flexibility index (Phi) is 4.69. The summed E-state index contributed by atoms with van der Waals surface area (Å²) in [5.41, 5.74) is 3.11. The Morgan fingerprint density at radius 2 is 1.62 bits per heavy atom. The van der Waals surface area contributed by atoms with E-state index in [1.54, 1.807) is 0 Å². The number of anilines is 1. The Morgan fingerprint density at radius 3 is 2.19 bits per heavy atom. The van der Waals surface area contributed by atoms with Gasteiger partial charge >= 0.3 is 0 Å². The molecule has 0 amide bonds. The lowest BCUT2D eigenvalue weighted by Gasteiger charge is -2.21. The summed E-state index contributed by atoms with van der Waals surface area (Å²) >= 11 is 0. The van der Waals surface area contributed by atoms with Crippen molar-refractivity contribution in [3.63, 3.8) is 0 Å². The minimum absolute atomic E-state index is 0.173. The van der Waals surface area contributed by atoms with Crippen molar-refractivity contribution in [2.24, 2.45) is 0 Å². The predicted molar refractivity (Wildman–Crippen MR) is 90.8 cm³/mol. The molecule has 0 bridgehead atoms. The molecule has 0 aliphatic carbocycles. The first kappa shape index (κ1) is 15.2. The number of hydrogen-bond donors (Lipinski definition) is 1. The van der Waals surface area contributed by atoms with Gasteiger partial charge in [0, 0.05) is 12.2 Å². The molecule has 0 fully saturated rings. The minimum Gasteiger partial charge on any atom is -0.488 e. The molecule has 2 aromatic rings. The van der Waals surface area contributed by atoms with E-state index >= 15 is 0 Å². The van der Waals surface area contributed by atoms with Gasteiger partial charge in [-0.3, -0.25) is 0 Å². The van der Waals surface area contributed by atoms with Crippen molar-refractivity contribution in [1.29, 1.82) is 0 Å². The molecular formula is C19H23NO. The highest BCUT2D eigenvalue weighted by Crippen LogP contribution is 2.21. The van der Waals surface area contributed by atoms with Gasteiger partial charge in [0.15, 0.2) is 0 Å². The second kappa shape index (κ2) is 6.49. The molecule has 0 atom stereocenters. The highest BCUT2D eigenvalue weighted by Gasteiger charge is 2.11. The molecular weight excluding hydrogens is 258 g/mol. The van der Waals surface area contributed by atoms with E-state index in [4.69, 9.17) is 4.74 Å². The van der Waals surface area contributed by atoms with Crippen LogP contribution in [0.1, 0.15) is 26.3 Å². The van der Waals surface area contributed by atoms with E-state index in [2.05, 4.69) is 24.0 Å². The van der Waals surface area contributed by atoms with E-state index in [-0.39, 0.29) is 5.60 Å². The van der Waals surface area contributed by atoms with Gasteiger partial charge in [0.05, 0.1) is 0 Å². The van der Waals surface area contributed by atoms with E-state index in [9.17, 15) is 0 Å². The van der Waals surface area contributed by atoms with Crippen molar-refractivity contribution >= 4 is 11.3 Å². The maximum atomic E-state index is 5.82. The molecule has 2 rings (SSSR count). The molecule has 0 aromatic heterocycles. The fourth-order valence-electron chi connectivity index (χ4n) is 1.98. The second-order valence-electron chi connectivity index (χ2n) is 6.06. The summed E-state index contributed by atoms with van der Waals surface area (Å²) in [5.74, 6) is 0.884. The van der Waals surface area contributed by atoms with Crippen molar-refractivity contribution in [2.75, 3.05) is 11.9 Å². The summed E-state index contributed by atoms with van der Waals surface area (Å²) in [6, 6.07) is 18.2. The first-order valence-corrected chi connectivity index (χ1v) is 7.20. The zero-order valence-electron chi connectivity index (χ0n) is 13.0. The molecule has 0 unspecified atom stereocenters. The van der Waals surface area contributed by atoms with E-state index in [1.165, 1.54) is 0 Å². The van der Waals surface area contributed by atoms with Gasteiger partial charge in [-0.15, -0.1) is 0 Å². The van der Waals surface area contributed by atoms with Crippen LogP contribution in [-0.4, -0.2) is 12.1 Å². The van der Waals surface area contributed by atoms with E-state index in [0.29, 0.717) is 0 Å². The van der Waals surface area contributed by atoms with Gasteiger partial charge in [-0.1, -0.05) is 36.9 Å². The quantitative estimate of drug-likeness (QED) is 0.833. The van der Waals surface area contributed by atoms with Crippen molar-refractivity contribution in [2.45, 2.75) is 26.4 Å². The van der Waals surface area contributed by atoms with Crippen LogP contribution in [-0.2, 0) is 0 Å². The predicted octanol–water partition coefficient (Wildman–Crippen LogP) is 4.99. The molecule has 110 valence electrons. The van der Waals surface area contributed by atoms with Crippen LogP contribution in [0.25, 0.3) is 5.57 Å². The van der Waals surface area contributed by atoms with Gasteiger partial charge in [-0.25, -0.2) is 0 Å². The van der Waals surface area contributed by atoms with Gasteiger partial charge in [0.2, 0.25) is 0 Å². The van der Waals surface area contributed by atoms with Gasteiger partial charge in [0.25, 0.3) is 0 Å². The fraction of sp³-hybridized carbons (Fsp3) is 0.263. The Bertz CT molecular complexity index is 579. The number of rotatable bonds is 5. The summed E-state index contributed by atoms with van der Waals surface area (Å²) in [7, 11) is 0. The third-order valence-electron chi connectivity index (χ3n) is 2.97. The zero-order chi connectivity index (χ0) is 15.3. The van der Waals surface area contributed by atoms with Crippen LogP contribution in [0.5, 0.6) is 5.75 Å². The maximum Gasteiger partial charge on any atom is 0.120 e. The maximum absolute atomic E-state index is 5.82. The van der Waals surface area contributed by atoms with Crippen molar-refractivity contribution in [1.82, 2.24) is 0 Å². The molecule has 0 heterocycles. The van der Waals surface area contributed by atoms with Crippen LogP contribution in [0.2, 0.25) is 0 Å². The lowest BCUT2D eigenvalue weighted by molar-refractivity contribution is 0.131. The fourth-order valence-corrected chi connectivity index (χ4v) is 1.98. The van der Waals surface area contributed by atoms with E-state index in [0.717, 1.165) is 29.1 Å². The standard InChI is InChI=1S/C19H23NO/c1-15(14-20-17-8-6-5-7-9-17)16-10-12-18(13-11-16)21-19(2,3)4/h5-13,20H,1,14H2,2-4H3. The molecule has 2 nitrogen and oxygen atoms in total. The summed E-state index contributed by atoms with van der Waals surface area (Å²) in [4.78, 5) is 0. The summed E-state index contributed by atoms with van der Waals surface area (Å²) in [6.45, 7) is 11.0. The minimum atomic E-state index is -0.173. The van der Waals surface area contributed by atoms with Gasteiger partial charge < -0.3 is 10.1 Å². The molecule has 0 spiro atoms. The van der Waals surface area contributed by atoms with Crippen molar-refractivity contribution in [3.05, 3.63) is 66.7 Å². The largest absolute Gasteiger partial charge is 0.488 e. The Morgan fingerprint density at radius 1 is 1.00 bits per heavy atom. The topological polar surface area (TPSA) is 21.3 Å². The molecule has 0 saturated heterocycles. The molecule has 21 heavy (non-hydrogen) atoms. The smallest absolute Gasteiger partial charge is 0.120 e. The monoisotopic (exact) mass is 281 g/mol. The van der Waals surface area contributed by atoms with E-state index < -0.39 is 0 Å². The van der Waals surface area contributed by atoms with Crippen LogP contribution < -0.4 is 10.1 Å². The third-order valence-corrected chi connectivity index (χ3v) is 2.97. The first-order chi connectivity index (χ1) is 9.94. The molecule has 2 aromatic carbocycles. The molecule has 0 radical (unpaired) electrons. The summed E-state index contributed by atoms with van der Waals surface area (Å²) in [6.07, 6.45) is 0. The lowest BCUT2D eigenvalue weighted by atomic mass is 10.1. The van der Waals surface area contributed by atoms with Crippen LogP contribution in [0.4, 0.5) is 5.69 Å². The zero-order valence-corrected chi connectivity index (χ0v) is 13.0.